The maximum atomic E-state index is 11.9. The molecule has 0 saturated carbocycles. The second-order valence-corrected chi connectivity index (χ2v) is 4.35. The summed E-state index contributed by atoms with van der Waals surface area (Å²) in [7, 11) is 0. The lowest BCUT2D eigenvalue weighted by atomic mass is 10.2. The Morgan fingerprint density at radius 2 is 2.00 bits per heavy atom. The minimum Gasteiger partial charge on any atom is -0.462 e. The maximum Gasteiger partial charge on any atom is 0.341 e. The monoisotopic (exact) mass is 276 g/mol. The van der Waals surface area contributed by atoms with Crippen molar-refractivity contribution in [2.24, 2.45) is 0 Å². The maximum absolute atomic E-state index is 11.9. The number of aromatic nitrogens is 1. The zero-order valence-corrected chi connectivity index (χ0v) is 10.9. The predicted molar refractivity (Wildman–Crippen MR) is 74.1 cm³/mol. The SMILES string of the molecule is Nc1cccc(Cl)c1C(=O)OCCc1ccncc1. The average Bonchev–Trinajstić information content (AvgIpc) is 2.40. The summed E-state index contributed by atoms with van der Waals surface area (Å²) < 4.78 is 5.17. The molecular weight excluding hydrogens is 264 g/mol. The number of nitrogens with zero attached hydrogens (tertiary/aromatic N) is 1. The summed E-state index contributed by atoms with van der Waals surface area (Å²) in [6, 6.07) is 8.66. The average molecular weight is 277 g/mol. The Morgan fingerprint density at radius 1 is 1.26 bits per heavy atom. The quantitative estimate of drug-likeness (QED) is 0.689. The van der Waals surface area contributed by atoms with Gasteiger partial charge in [-0.15, -0.1) is 0 Å². The van der Waals surface area contributed by atoms with Gasteiger partial charge >= 0.3 is 5.97 Å². The Bertz CT molecular complexity index is 553. The first-order chi connectivity index (χ1) is 9.18. The molecule has 1 aromatic carbocycles. The lowest BCUT2D eigenvalue weighted by Crippen LogP contribution is -2.11. The van der Waals surface area contributed by atoms with Crippen molar-refractivity contribution < 1.29 is 9.53 Å². The summed E-state index contributed by atoms with van der Waals surface area (Å²) in [6.45, 7) is 0.271. The molecule has 0 aliphatic carbocycles. The second kappa shape index (κ2) is 6.20. The smallest absolute Gasteiger partial charge is 0.341 e. The first-order valence-electron chi connectivity index (χ1n) is 5.78. The number of carbonyl (C=O) groups excluding carboxylic acids is 1. The van der Waals surface area contributed by atoms with Gasteiger partial charge in [0.1, 0.15) is 5.56 Å². The van der Waals surface area contributed by atoms with Gasteiger partial charge in [0.25, 0.3) is 0 Å². The molecule has 1 aromatic heterocycles. The first-order valence-corrected chi connectivity index (χ1v) is 6.16. The number of anilines is 1. The van der Waals surface area contributed by atoms with Gasteiger partial charge in [-0.2, -0.15) is 0 Å². The summed E-state index contributed by atoms with van der Waals surface area (Å²) in [5, 5.41) is 0.300. The molecule has 98 valence electrons. The molecule has 0 spiro atoms. The van der Waals surface area contributed by atoms with Crippen LogP contribution in [0.2, 0.25) is 5.02 Å². The van der Waals surface area contributed by atoms with Gasteiger partial charge in [-0.25, -0.2) is 4.79 Å². The molecule has 0 fully saturated rings. The minimum absolute atomic E-state index is 0.221. The lowest BCUT2D eigenvalue weighted by Gasteiger charge is -2.08. The van der Waals surface area contributed by atoms with E-state index < -0.39 is 5.97 Å². The Balaban J connectivity index is 1.95. The summed E-state index contributed by atoms with van der Waals surface area (Å²) in [6.07, 6.45) is 4.02. The van der Waals surface area contributed by atoms with Crippen LogP contribution in [0.4, 0.5) is 5.69 Å². The third-order valence-electron chi connectivity index (χ3n) is 2.62. The number of hydrogen-bond acceptors (Lipinski definition) is 4. The van der Waals surface area contributed by atoms with Gasteiger partial charge in [0.15, 0.2) is 0 Å². The highest BCUT2D eigenvalue weighted by molar-refractivity contribution is 6.34. The van der Waals surface area contributed by atoms with Crippen LogP contribution in [0.1, 0.15) is 15.9 Å². The highest BCUT2D eigenvalue weighted by Crippen LogP contribution is 2.22. The van der Waals surface area contributed by atoms with Crippen molar-refractivity contribution in [3.05, 3.63) is 58.9 Å². The molecule has 0 aliphatic rings. The van der Waals surface area contributed by atoms with Gasteiger partial charge in [-0.05, 0) is 29.8 Å². The molecule has 0 bridgehead atoms. The van der Waals surface area contributed by atoms with Gasteiger partial charge in [-0.3, -0.25) is 4.98 Å². The molecule has 0 aliphatic heterocycles. The third-order valence-corrected chi connectivity index (χ3v) is 2.94. The van der Waals surface area contributed by atoms with Crippen molar-refractivity contribution in [1.29, 1.82) is 0 Å². The van der Waals surface area contributed by atoms with Crippen LogP contribution in [0.25, 0.3) is 0 Å². The Labute approximate surface area is 116 Å². The highest BCUT2D eigenvalue weighted by Gasteiger charge is 2.15. The summed E-state index contributed by atoms with van der Waals surface area (Å²) in [5.41, 5.74) is 7.30. The van der Waals surface area contributed by atoms with Crippen LogP contribution >= 0.6 is 11.6 Å². The van der Waals surface area contributed by atoms with Crippen molar-refractivity contribution in [1.82, 2.24) is 4.98 Å². The van der Waals surface area contributed by atoms with Crippen molar-refractivity contribution in [2.45, 2.75) is 6.42 Å². The fraction of sp³-hybridized carbons (Fsp3) is 0.143. The second-order valence-electron chi connectivity index (χ2n) is 3.95. The molecule has 2 aromatic rings. The molecule has 1 heterocycles. The number of rotatable bonds is 4. The van der Waals surface area contributed by atoms with Crippen molar-refractivity contribution in [3.63, 3.8) is 0 Å². The number of halogens is 1. The van der Waals surface area contributed by atoms with E-state index in [1.807, 2.05) is 12.1 Å². The number of nitrogens with two attached hydrogens (primary N) is 1. The molecule has 4 nitrogen and oxygen atoms in total. The molecule has 0 atom stereocenters. The van der Waals surface area contributed by atoms with Crippen LogP contribution in [-0.2, 0) is 11.2 Å². The largest absolute Gasteiger partial charge is 0.462 e. The number of hydrogen-bond donors (Lipinski definition) is 1. The van der Waals surface area contributed by atoms with E-state index in [-0.39, 0.29) is 12.2 Å². The van der Waals surface area contributed by atoms with Crippen LogP contribution < -0.4 is 5.73 Å². The molecule has 0 unspecified atom stereocenters. The van der Waals surface area contributed by atoms with Gasteiger partial charge in [0.05, 0.1) is 11.6 Å². The fourth-order valence-corrected chi connectivity index (χ4v) is 1.90. The van der Waals surface area contributed by atoms with E-state index in [9.17, 15) is 4.79 Å². The van der Waals surface area contributed by atoms with E-state index in [0.29, 0.717) is 17.1 Å². The van der Waals surface area contributed by atoms with Crippen molar-refractivity contribution >= 4 is 23.3 Å². The van der Waals surface area contributed by atoms with E-state index in [2.05, 4.69) is 4.98 Å². The zero-order chi connectivity index (χ0) is 13.7. The van der Waals surface area contributed by atoms with Gasteiger partial charge < -0.3 is 10.5 Å². The molecule has 0 saturated heterocycles. The molecule has 2 rings (SSSR count). The van der Waals surface area contributed by atoms with E-state index in [1.165, 1.54) is 0 Å². The van der Waals surface area contributed by atoms with Crippen LogP contribution in [0.5, 0.6) is 0 Å². The molecule has 0 radical (unpaired) electrons. The summed E-state index contributed by atoms with van der Waals surface area (Å²) in [4.78, 5) is 15.8. The van der Waals surface area contributed by atoms with Crippen LogP contribution in [0.15, 0.2) is 42.7 Å². The number of carbonyl (C=O) groups is 1. The van der Waals surface area contributed by atoms with Crippen LogP contribution in [-0.4, -0.2) is 17.6 Å². The summed E-state index contributed by atoms with van der Waals surface area (Å²) >= 11 is 5.93. The molecular formula is C14H13ClN2O2. The standard InChI is InChI=1S/C14H13ClN2O2/c15-11-2-1-3-12(16)13(11)14(18)19-9-6-10-4-7-17-8-5-10/h1-5,7-8H,6,9,16H2. The van der Waals surface area contributed by atoms with Crippen LogP contribution in [0.3, 0.4) is 0 Å². The predicted octanol–water partition coefficient (Wildman–Crippen LogP) is 2.72. The number of nitrogen functional groups attached to an aromatic ring is 1. The molecule has 2 N–H and O–H groups in total. The topological polar surface area (TPSA) is 65.2 Å². The third kappa shape index (κ3) is 3.45. The number of pyridine rings is 1. The molecule has 0 amide bonds. The lowest BCUT2D eigenvalue weighted by molar-refractivity contribution is 0.0511. The molecule has 19 heavy (non-hydrogen) atoms. The molecule has 5 heteroatoms. The Morgan fingerprint density at radius 3 is 2.68 bits per heavy atom. The van der Waals surface area contributed by atoms with E-state index in [0.717, 1.165) is 5.56 Å². The van der Waals surface area contributed by atoms with E-state index in [1.54, 1.807) is 30.6 Å². The summed E-state index contributed by atoms with van der Waals surface area (Å²) in [5.74, 6) is -0.503. The Kier molecular flexibility index (Phi) is 4.36. The number of ether oxygens (including phenoxy) is 1. The van der Waals surface area contributed by atoms with Crippen molar-refractivity contribution in [3.8, 4) is 0 Å². The first kappa shape index (κ1) is 13.4. The number of esters is 1. The van der Waals surface area contributed by atoms with Crippen molar-refractivity contribution in [2.75, 3.05) is 12.3 Å². The van der Waals surface area contributed by atoms with Gasteiger partial charge in [-0.1, -0.05) is 17.7 Å². The Hall–Kier alpha value is -2.07. The van der Waals surface area contributed by atoms with E-state index >= 15 is 0 Å². The van der Waals surface area contributed by atoms with Gasteiger partial charge in [0, 0.05) is 24.5 Å². The zero-order valence-electron chi connectivity index (χ0n) is 10.2. The normalized spacial score (nSPS) is 10.2. The number of benzene rings is 1. The highest BCUT2D eigenvalue weighted by atomic mass is 35.5. The fourth-order valence-electron chi connectivity index (χ4n) is 1.64. The van der Waals surface area contributed by atoms with Gasteiger partial charge in [0.2, 0.25) is 0 Å². The van der Waals surface area contributed by atoms with Crippen LogP contribution in [0, 0.1) is 0 Å². The van der Waals surface area contributed by atoms with E-state index in [4.69, 9.17) is 22.1 Å². The minimum atomic E-state index is -0.503.